The van der Waals surface area contributed by atoms with Crippen LogP contribution in [0.15, 0.2) is 22.6 Å². The van der Waals surface area contributed by atoms with Gasteiger partial charge in [0.15, 0.2) is 5.11 Å². The molecule has 3 N–H and O–H groups in total. The van der Waals surface area contributed by atoms with E-state index in [-0.39, 0.29) is 0 Å². The molecule has 0 amide bonds. The Balaban J connectivity index is 1.56. The van der Waals surface area contributed by atoms with Crippen molar-refractivity contribution in [3.05, 3.63) is 22.4 Å². The van der Waals surface area contributed by atoms with Crippen LogP contribution < -0.4 is 15.6 Å². The Morgan fingerprint density at radius 2 is 2.37 bits per heavy atom. The molecular weight excluding hydrogens is 280 g/mol. The molecule has 0 atom stereocenters. The SMILES string of the molecule is S=C(NCC[NH+]1CCOCC1)N/N=C\c1cccs1. The molecular formula is C12H19N4OS2+. The first kappa shape index (κ1) is 14.4. The fourth-order valence-electron chi connectivity index (χ4n) is 1.82. The number of thiophene rings is 1. The first-order chi connectivity index (χ1) is 9.34. The van der Waals surface area contributed by atoms with Crippen molar-refractivity contribution in [2.24, 2.45) is 5.10 Å². The Hall–Kier alpha value is -1.02. The summed E-state index contributed by atoms with van der Waals surface area (Å²) in [5, 5.41) is 9.83. The van der Waals surface area contributed by atoms with E-state index in [1.165, 1.54) is 0 Å². The van der Waals surface area contributed by atoms with E-state index < -0.39 is 0 Å². The summed E-state index contributed by atoms with van der Waals surface area (Å²) in [5.74, 6) is 0. The third-order valence-electron chi connectivity index (χ3n) is 2.87. The molecule has 0 unspecified atom stereocenters. The molecule has 1 fully saturated rings. The van der Waals surface area contributed by atoms with Crippen molar-refractivity contribution < 1.29 is 9.64 Å². The van der Waals surface area contributed by atoms with Gasteiger partial charge in [-0.05, 0) is 23.7 Å². The molecule has 5 nitrogen and oxygen atoms in total. The minimum Gasteiger partial charge on any atom is -0.370 e. The molecule has 1 aromatic heterocycles. The Morgan fingerprint density at radius 1 is 1.53 bits per heavy atom. The average molecular weight is 299 g/mol. The number of nitrogens with zero attached hydrogens (tertiary/aromatic N) is 1. The van der Waals surface area contributed by atoms with Gasteiger partial charge in [-0.3, -0.25) is 5.43 Å². The van der Waals surface area contributed by atoms with Crippen LogP contribution in [-0.2, 0) is 4.74 Å². The summed E-state index contributed by atoms with van der Waals surface area (Å²) in [6.45, 7) is 5.80. The molecule has 7 heteroatoms. The Labute approximate surface area is 122 Å². The molecule has 104 valence electrons. The van der Waals surface area contributed by atoms with Crippen LogP contribution in [-0.4, -0.2) is 50.7 Å². The fraction of sp³-hybridized carbons (Fsp3) is 0.500. The van der Waals surface area contributed by atoms with E-state index in [1.54, 1.807) is 22.5 Å². The predicted octanol–water partition coefficient (Wildman–Crippen LogP) is -0.539. The molecule has 0 radical (unpaired) electrons. The van der Waals surface area contributed by atoms with E-state index >= 15 is 0 Å². The lowest BCUT2D eigenvalue weighted by molar-refractivity contribution is -0.906. The summed E-state index contributed by atoms with van der Waals surface area (Å²) in [6.07, 6.45) is 1.77. The van der Waals surface area contributed by atoms with E-state index in [4.69, 9.17) is 17.0 Å². The summed E-state index contributed by atoms with van der Waals surface area (Å²) in [6, 6.07) is 4.00. The van der Waals surface area contributed by atoms with Crippen LogP contribution in [0, 0.1) is 0 Å². The van der Waals surface area contributed by atoms with Gasteiger partial charge in [0, 0.05) is 4.88 Å². The number of ether oxygens (including phenoxy) is 1. The molecule has 0 bridgehead atoms. The van der Waals surface area contributed by atoms with Crippen LogP contribution in [0.2, 0.25) is 0 Å². The minimum atomic E-state index is 0.570. The van der Waals surface area contributed by atoms with Gasteiger partial charge in [-0.2, -0.15) is 5.10 Å². The minimum absolute atomic E-state index is 0.570. The number of morpholine rings is 1. The van der Waals surface area contributed by atoms with Gasteiger partial charge in [-0.1, -0.05) is 6.07 Å². The summed E-state index contributed by atoms with van der Waals surface area (Å²) in [7, 11) is 0. The van der Waals surface area contributed by atoms with Crippen molar-refractivity contribution in [2.45, 2.75) is 0 Å². The zero-order valence-electron chi connectivity index (χ0n) is 10.7. The Morgan fingerprint density at radius 3 is 3.11 bits per heavy atom. The summed E-state index contributed by atoms with van der Waals surface area (Å²) < 4.78 is 5.32. The van der Waals surface area contributed by atoms with Crippen molar-refractivity contribution in [3.63, 3.8) is 0 Å². The number of thiocarbonyl (C=S) groups is 1. The van der Waals surface area contributed by atoms with Gasteiger partial charge >= 0.3 is 0 Å². The third-order valence-corrected chi connectivity index (χ3v) is 3.91. The highest BCUT2D eigenvalue weighted by Crippen LogP contribution is 2.03. The van der Waals surface area contributed by atoms with Gasteiger partial charge in [0.05, 0.1) is 32.5 Å². The summed E-state index contributed by atoms with van der Waals surface area (Å²) in [4.78, 5) is 2.66. The van der Waals surface area contributed by atoms with Gasteiger partial charge in [0.25, 0.3) is 0 Å². The van der Waals surface area contributed by atoms with E-state index in [1.807, 2.05) is 17.5 Å². The first-order valence-electron chi connectivity index (χ1n) is 6.36. The van der Waals surface area contributed by atoms with Gasteiger partial charge < -0.3 is 15.0 Å². The van der Waals surface area contributed by atoms with Gasteiger partial charge in [-0.15, -0.1) is 11.3 Å². The van der Waals surface area contributed by atoms with E-state index in [0.717, 1.165) is 44.3 Å². The number of rotatable bonds is 5. The zero-order chi connectivity index (χ0) is 13.3. The van der Waals surface area contributed by atoms with E-state index in [0.29, 0.717) is 5.11 Å². The highest BCUT2D eigenvalue weighted by Gasteiger charge is 2.12. The van der Waals surface area contributed by atoms with E-state index in [9.17, 15) is 0 Å². The summed E-state index contributed by atoms with van der Waals surface area (Å²) in [5.41, 5.74) is 2.82. The molecule has 0 saturated carbocycles. The van der Waals surface area contributed by atoms with Crippen LogP contribution in [0.5, 0.6) is 0 Å². The predicted molar refractivity (Wildman–Crippen MR) is 82.0 cm³/mol. The van der Waals surface area contributed by atoms with Gasteiger partial charge in [0.1, 0.15) is 13.1 Å². The number of nitrogens with one attached hydrogen (secondary N) is 3. The maximum Gasteiger partial charge on any atom is 0.187 e. The van der Waals surface area contributed by atoms with Crippen LogP contribution in [0.3, 0.4) is 0 Å². The van der Waals surface area contributed by atoms with Crippen LogP contribution in [0.1, 0.15) is 4.88 Å². The second-order valence-electron chi connectivity index (χ2n) is 4.25. The normalized spacial score (nSPS) is 16.6. The first-order valence-corrected chi connectivity index (χ1v) is 7.65. The number of quaternary nitrogens is 1. The molecule has 2 rings (SSSR count). The zero-order valence-corrected chi connectivity index (χ0v) is 12.4. The highest BCUT2D eigenvalue weighted by atomic mass is 32.1. The second-order valence-corrected chi connectivity index (χ2v) is 5.64. The lowest BCUT2D eigenvalue weighted by Crippen LogP contribution is -3.14. The van der Waals surface area contributed by atoms with Crippen molar-refractivity contribution in [1.29, 1.82) is 0 Å². The number of hydrogen-bond acceptors (Lipinski definition) is 4. The molecule has 0 aromatic carbocycles. The van der Waals surface area contributed by atoms with Crippen LogP contribution in [0.25, 0.3) is 0 Å². The molecule has 1 aliphatic rings. The van der Waals surface area contributed by atoms with Gasteiger partial charge in [-0.25, -0.2) is 0 Å². The molecule has 19 heavy (non-hydrogen) atoms. The maximum absolute atomic E-state index is 5.32. The van der Waals surface area contributed by atoms with Crippen molar-refractivity contribution in [2.75, 3.05) is 39.4 Å². The Bertz CT molecular complexity index is 402. The summed E-state index contributed by atoms with van der Waals surface area (Å²) >= 11 is 6.79. The topological polar surface area (TPSA) is 50.1 Å². The molecule has 0 aliphatic carbocycles. The molecule has 1 aromatic rings. The van der Waals surface area contributed by atoms with Crippen molar-refractivity contribution >= 4 is 34.9 Å². The maximum atomic E-state index is 5.32. The van der Waals surface area contributed by atoms with Crippen LogP contribution >= 0.6 is 23.6 Å². The largest absolute Gasteiger partial charge is 0.370 e. The molecule has 2 heterocycles. The average Bonchev–Trinajstić information content (AvgIpc) is 2.93. The van der Waals surface area contributed by atoms with Crippen molar-refractivity contribution in [1.82, 2.24) is 10.7 Å². The lowest BCUT2D eigenvalue weighted by Gasteiger charge is -2.23. The molecule has 0 spiro atoms. The molecule has 1 aliphatic heterocycles. The van der Waals surface area contributed by atoms with Gasteiger partial charge in [0.2, 0.25) is 0 Å². The molecule has 1 saturated heterocycles. The van der Waals surface area contributed by atoms with E-state index in [2.05, 4.69) is 15.8 Å². The smallest absolute Gasteiger partial charge is 0.187 e. The fourth-order valence-corrected chi connectivity index (χ4v) is 2.56. The standard InChI is InChI=1S/C12H18N4OS2/c18-12(15-14-10-11-2-1-9-19-11)13-3-4-16-5-7-17-8-6-16/h1-2,9-10H,3-8H2,(H2,13,15,18)/p+1/b14-10-. The quantitative estimate of drug-likeness (QED) is 0.388. The third kappa shape index (κ3) is 5.65. The second kappa shape index (κ2) is 8.21. The Kier molecular flexibility index (Phi) is 6.22. The lowest BCUT2D eigenvalue weighted by atomic mass is 10.4. The number of hydrogen-bond donors (Lipinski definition) is 3. The highest BCUT2D eigenvalue weighted by molar-refractivity contribution is 7.80. The van der Waals surface area contributed by atoms with Crippen LogP contribution in [0.4, 0.5) is 0 Å². The monoisotopic (exact) mass is 299 g/mol. The number of hydrazone groups is 1. The van der Waals surface area contributed by atoms with Crippen molar-refractivity contribution in [3.8, 4) is 0 Å².